The Bertz CT molecular complexity index is 2150. The van der Waals surface area contributed by atoms with E-state index in [0.717, 1.165) is 6.07 Å². The second-order valence-corrected chi connectivity index (χ2v) is 16.5. The molecule has 1 aromatic heterocycles. The zero-order chi connectivity index (χ0) is 40.3. The van der Waals surface area contributed by atoms with Crippen molar-refractivity contribution in [3.05, 3.63) is 129 Å². The lowest BCUT2D eigenvalue weighted by molar-refractivity contribution is -0.166. The van der Waals surface area contributed by atoms with E-state index in [0.29, 0.717) is 24.0 Å². The molecular weight excluding hydrogens is 787 g/mol. The number of rotatable bonds is 10. The van der Waals surface area contributed by atoms with Gasteiger partial charge < -0.3 is 25.6 Å². The number of alkyl halides is 2. The minimum absolute atomic E-state index is 0.00570. The minimum atomic E-state index is -2.15. The number of halogens is 6. The van der Waals surface area contributed by atoms with Crippen molar-refractivity contribution >= 4 is 40.7 Å². The molecule has 8 rings (SSSR count). The maximum atomic E-state index is 16.9. The van der Waals surface area contributed by atoms with Gasteiger partial charge in [0.15, 0.2) is 11.0 Å². The van der Waals surface area contributed by atoms with E-state index >= 15 is 27.2 Å². The standard InChI is InChI=1S/C42H40Cl2F4N4O5/c43-29-16-31-28(15-30(29)47)42(39(56)51-31)32(27-13-14-49-37(44)33(27)48)35(38(55)50-25-11-12-26(17-53)57-18-25)52(41(42)19-40(20-41,21-45)22-46)34(23-7-3-1-4-8-23)36(54)24-9-5-2-6-10-24/h1-10,13-16,25-26,32,34-36,53-54H,11-12,17-22H2,(H,50,55)(H,51,56)/t25-,26+,32+,34-,35-,36+,42?/m1/s1. The Balaban J connectivity index is 1.47. The molecule has 1 aliphatic carbocycles. The number of anilines is 1. The molecule has 4 heterocycles. The summed E-state index contributed by atoms with van der Waals surface area (Å²) in [6, 6.07) is 17.4. The lowest BCUT2D eigenvalue weighted by atomic mass is 9.45. The van der Waals surface area contributed by atoms with Crippen LogP contribution in [0.2, 0.25) is 10.2 Å². The van der Waals surface area contributed by atoms with Crippen LogP contribution in [0.15, 0.2) is 85.1 Å². The van der Waals surface area contributed by atoms with E-state index in [1.165, 1.54) is 18.3 Å². The molecule has 1 saturated carbocycles. The quantitative estimate of drug-likeness (QED) is 0.101. The summed E-state index contributed by atoms with van der Waals surface area (Å²) in [6.07, 6.45) is -0.632. The van der Waals surface area contributed by atoms with Gasteiger partial charge in [0.05, 0.1) is 61.9 Å². The summed E-state index contributed by atoms with van der Waals surface area (Å²) in [5.41, 5.74) is -4.85. The summed E-state index contributed by atoms with van der Waals surface area (Å²) >= 11 is 12.6. The van der Waals surface area contributed by atoms with Crippen LogP contribution < -0.4 is 10.6 Å². The van der Waals surface area contributed by atoms with Gasteiger partial charge in [0.1, 0.15) is 11.2 Å². The Labute approximate surface area is 336 Å². The third-order valence-electron chi connectivity index (χ3n) is 12.6. The number of hydrogen-bond donors (Lipinski definition) is 4. The first-order valence-corrected chi connectivity index (χ1v) is 19.5. The van der Waals surface area contributed by atoms with Crippen molar-refractivity contribution in [2.45, 2.75) is 72.9 Å². The van der Waals surface area contributed by atoms with Crippen molar-refractivity contribution in [3.63, 3.8) is 0 Å². The Morgan fingerprint density at radius 3 is 2.28 bits per heavy atom. The Morgan fingerprint density at radius 2 is 1.67 bits per heavy atom. The number of carbonyl (C=O) groups is 2. The predicted molar refractivity (Wildman–Crippen MR) is 204 cm³/mol. The van der Waals surface area contributed by atoms with Gasteiger partial charge in [-0.3, -0.25) is 23.3 Å². The van der Waals surface area contributed by atoms with Crippen LogP contribution in [0.5, 0.6) is 0 Å². The van der Waals surface area contributed by atoms with Crippen LogP contribution in [0, 0.1) is 17.0 Å². The van der Waals surface area contributed by atoms with E-state index in [1.54, 1.807) is 65.6 Å². The van der Waals surface area contributed by atoms with E-state index < -0.39 is 94.6 Å². The van der Waals surface area contributed by atoms with Crippen LogP contribution in [0.3, 0.4) is 0 Å². The van der Waals surface area contributed by atoms with Crippen LogP contribution in [-0.4, -0.2) is 82.2 Å². The normalized spacial score (nSPS) is 27.1. The molecule has 0 radical (unpaired) electrons. The van der Waals surface area contributed by atoms with E-state index in [1.807, 2.05) is 0 Å². The number of pyridine rings is 1. The lowest BCUT2D eigenvalue weighted by Crippen LogP contribution is -2.72. The fourth-order valence-electron chi connectivity index (χ4n) is 10.2. The lowest BCUT2D eigenvalue weighted by Gasteiger charge is -2.63. The summed E-state index contributed by atoms with van der Waals surface area (Å²) in [5, 5.41) is 27.3. The molecule has 1 unspecified atom stereocenters. The van der Waals surface area contributed by atoms with Crippen LogP contribution in [0.4, 0.5) is 23.2 Å². The molecule has 4 aromatic rings. The highest BCUT2D eigenvalue weighted by Crippen LogP contribution is 2.74. The Morgan fingerprint density at radius 1 is 1.00 bits per heavy atom. The van der Waals surface area contributed by atoms with Gasteiger partial charge in [0.25, 0.3) is 0 Å². The number of aliphatic hydroxyl groups excluding tert-OH is 2. The monoisotopic (exact) mass is 826 g/mol. The summed E-state index contributed by atoms with van der Waals surface area (Å²) in [7, 11) is 0. The number of fused-ring (bicyclic) bond motifs is 3. The van der Waals surface area contributed by atoms with Crippen molar-refractivity contribution in [2.24, 2.45) is 5.41 Å². The molecule has 15 heteroatoms. The van der Waals surface area contributed by atoms with Gasteiger partial charge >= 0.3 is 0 Å². The highest BCUT2D eigenvalue weighted by atomic mass is 35.5. The minimum Gasteiger partial charge on any atom is -0.394 e. The first-order valence-electron chi connectivity index (χ1n) is 18.8. The van der Waals surface area contributed by atoms with Crippen molar-refractivity contribution in [2.75, 3.05) is 31.9 Å². The fraction of sp³-hybridized carbons (Fsp3) is 0.405. The zero-order valence-corrected chi connectivity index (χ0v) is 32.0. The van der Waals surface area contributed by atoms with Crippen LogP contribution in [0.1, 0.15) is 66.0 Å². The molecule has 2 saturated heterocycles. The molecule has 0 bridgehead atoms. The van der Waals surface area contributed by atoms with Gasteiger partial charge in [-0.15, -0.1) is 0 Å². The molecule has 9 nitrogen and oxygen atoms in total. The highest BCUT2D eigenvalue weighted by molar-refractivity contribution is 6.31. The second-order valence-electron chi connectivity index (χ2n) is 15.7. The van der Waals surface area contributed by atoms with Gasteiger partial charge in [-0.05, 0) is 66.1 Å². The number of amides is 2. The number of carbonyl (C=O) groups excluding carboxylic acids is 2. The maximum Gasteiger partial charge on any atom is 0.238 e. The van der Waals surface area contributed by atoms with Crippen LogP contribution in [-0.2, 0) is 19.7 Å². The third-order valence-corrected chi connectivity index (χ3v) is 13.1. The van der Waals surface area contributed by atoms with Crippen molar-refractivity contribution < 1.29 is 42.1 Å². The maximum absolute atomic E-state index is 16.9. The molecule has 3 fully saturated rings. The van der Waals surface area contributed by atoms with E-state index in [9.17, 15) is 10.2 Å². The topological polar surface area (TPSA) is 124 Å². The van der Waals surface area contributed by atoms with Gasteiger partial charge in [-0.25, -0.2) is 13.8 Å². The molecule has 2 amide bonds. The first kappa shape index (κ1) is 39.7. The van der Waals surface area contributed by atoms with Gasteiger partial charge in [0.2, 0.25) is 11.8 Å². The highest BCUT2D eigenvalue weighted by Gasteiger charge is 2.82. The third kappa shape index (κ3) is 6.15. The smallest absolute Gasteiger partial charge is 0.238 e. The second kappa shape index (κ2) is 15.2. The van der Waals surface area contributed by atoms with Crippen molar-refractivity contribution in [3.8, 4) is 0 Å². The van der Waals surface area contributed by atoms with E-state index in [4.69, 9.17) is 27.9 Å². The average Bonchev–Trinajstić information content (AvgIpc) is 3.64. The number of ether oxygens (including phenoxy) is 1. The molecule has 57 heavy (non-hydrogen) atoms. The van der Waals surface area contributed by atoms with Crippen molar-refractivity contribution in [1.29, 1.82) is 0 Å². The van der Waals surface area contributed by atoms with E-state index in [-0.39, 0.29) is 47.9 Å². The van der Waals surface area contributed by atoms with E-state index in [2.05, 4.69) is 15.6 Å². The largest absolute Gasteiger partial charge is 0.394 e. The molecule has 4 aliphatic rings. The molecule has 3 aromatic carbocycles. The predicted octanol–water partition coefficient (Wildman–Crippen LogP) is 6.91. The summed E-state index contributed by atoms with van der Waals surface area (Å²) < 4.78 is 69.1. The number of aromatic nitrogens is 1. The SMILES string of the molecule is O=C(N[C@@H]1CC[C@@H](CO)OC1)[C@H]1[C@H](c2ccnc(Cl)c2F)C2(C(=O)Nc3cc(Cl)c(F)cc32)C2(CC(CF)(CF)C2)N1[C@H](c1ccccc1)[C@@H](O)c1ccccc1. The molecular formula is C42H40Cl2F4N4O5. The Kier molecular flexibility index (Phi) is 10.6. The number of benzene rings is 3. The van der Waals surface area contributed by atoms with Gasteiger partial charge in [0, 0.05) is 28.8 Å². The van der Waals surface area contributed by atoms with Gasteiger partial charge in [-0.2, -0.15) is 0 Å². The first-order chi connectivity index (χ1) is 27.4. The van der Waals surface area contributed by atoms with Gasteiger partial charge in [-0.1, -0.05) is 83.9 Å². The molecule has 3 aliphatic heterocycles. The average molecular weight is 828 g/mol. The Hall–Kier alpha value is -4.11. The number of likely N-dealkylation sites (tertiary alicyclic amines) is 1. The summed E-state index contributed by atoms with van der Waals surface area (Å²) in [5.74, 6) is -5.04. The van der Waals surface area contributed by atoms with Crippen LogP contribution >= 0.6 is 23.2 Å². The number of nitrogens with one attached hydrogen (secondary N) is 2. The fourth-order valence-corrected chi connectivity index (χ4v) is 10.6. The zero-order valence-electron chi connectivity index (χ0n) is 30.5. The number of nitrogens with zero attached hydrogens (tertiary/aromatic N) is 2. The molecule has 2 spiro atoms. The summed E-state index contributed by atoms with van der Waals surface area (Å²) in [4.78, 5) is 36.3. The van der Waals surface area contributed by atoms with Crippen molar-refractivity contribution in [1.82, 2.24) is 15.2 Å². The van der Waals surface area contributed by atoms with Crippen LogP contribution in [0.25, 0.3) is 0 Å². The molecule has 7 atom stereocenters. The molecule has 300 valence electrons. The number of aliphatic hydroxyl groups is 2. The number of hydrogen-bond acceptors (Lipinski definition) is 7. The molecule has 4 N–H and O–H groups in total. The summed E-state index contributed by atoms with van der Waals surface area (Å²) in [6.45, 7) is -2.48.